The summed E-state index contributed by atoms with van der Waals surface area (Å²) in [4.78, 5) is 15.0. The summed E-state index contributed by atoms with van der Waals surface area (Å²) in [6, 6.07) is 12.4. The van der Waals surface area contributed by atoms with Crippen LogP contribution in [0.3, 0.4) is 0 Å². The predicted molar refractivity (Wildman–Crippen MR) is 123 cm³/mol. The van der Waals surface area contributed by atoms with Crippen LogP contribution in [-0.2, 0) is 14.8 Å². The number of sulfonamides is 1. The molecule has 2 aromatic rings. The van der Waals surface area contributed by atoms with Crippen molar-refractivity contribution in [1.29, 1.82) is 0 Å². The maximum Gasteiger partial charge on any atom is 0.264 e. The van der Waals surface area contributed by atoms with Crippen LogP contribution in [0.5, 0.6) is 5.75 Å². The lowest BCUT2D eigenvalue weighted by Crippen LogP contribution is -2.44. The molecule has 0 aromatic heterocycles. The van der Waals surface area contributed by atoms with Gasteiger partial charge in [-0.1, -0.05) is 17.7 Å². The van der Waals surface area contributed by atoms with Gasteiger partial charge in [0.1, 0.15) is 5.75 Å². The summed E-state index contributed by atoms with van der Waals surface area (Å²) in [5, 5.41) is 0. The molecule has 0 aliphatic carbocycles. The molecule has 3 rings (SSSR count). The second-order valence-corrected chi connectivity index (χ2v) is 10.1. The Kier molecular flexibility index (Phi) is 7.26. The summed E-state index contributed by atoms with van der Waals surface area (Å²) >= 11 is 0. The van der Waals surface area contributed by atoms with Crippen LogP contribution >= 0.6 is 0 Å². The maximum atomic E-state index is 13.6. The van der Waals surface area contributed by atoms with Crippen LogP contribution in [0.25, 0.3) is 0 Å². The lowest BCUT2D eigenvalue weighted by atomic mass is 10.0. The van der Waals surface area contributed by atoms with E-state index in [9.17, 15) is 13.2 Å². The molecular formula is C24H32N2O4S. The molecule has 7 heteroatoms. The van der Waals surface area contributed by atoms with Crippen molar-refractivity contribution in [2.75, 3.05) is 24.5 Å². The van der Waals surface area contributed by atoms with E-state index in [0.717, 1.165) is 31.4 Å². The lowest BCUT2D eigenvalue weighted by Gasteiger charge is -2.34. The summed E-state index contributed by atoms with van der Waals surface area (Å²) in [6.45, 7) is 6.62. The topological polar surface area (TPSA) is 66.9 Å². The van der Waals surface area contributed by atoms with Crippen LogP contribution in [0.4, 0.5) is 5.69 Å². The molecule has 1 aliphatic heterocycles. The third kappa shape index (κ3) is 5.21. The minimum Gasteiger partial charge on any atom is -0.497 e. The van der Waals surface area contributed by atoms with Crippen LogP contribution in [0.15, 0.2) is 47.4 Å². The molecule has 0 bridgehead atoms. The summed E-state index contributed by atoms with van der Waals surface area (Å²) in [6.07, 6.45) is 3.26. The first-order chi connectivity index (χ1) is 14.7. The van der Waals surface area contributed by atoms with Gasteiger partial charge < -0.3 is 9.64 Å². The number of carbonyl (C=O) groups excluding carboxylic acids is 1. The highest BCUT2D eigenvalue weighted by Gasteiger charge is 2.29. The second-order valence-electron chi connectivity index (χ2n) is 8.23. The lowest BCUT2D eigenvalue weighted by molar-refractivity contribution is -0.134. The highest BCUT2D eigenvalue weighted by Crippen LogP contribution is 2.28. The molecule has 0 N–H and O–H groups in total. The number of methoxy groups -OCH3 is 1. The number of amides is 1. The van der Waals surface area contributed by atoms with Crippen molar-refractivity contribution in [2.45, 2.75) is 57.4 Å². The molecule has 1 heterocycles. The molecule has 168 valence electrons. The van der Waals surface area contributed by atoms with Gasteiger partial charge in [-0.05, 0) is 75.9 Å². The average Bonchev–Trinajstić information content (AvgIpc) is 2.74. The number of benzene rings is 2. The van der Waals surface area contributed by atoms with E-state index in [1.807, 2.05) is 17.9 Å². The summed E-state index contributed by atoms with van der Waals surface area (Å²) < 4.78 is 33.8. The molecule has 2 aromatic carbocycles. The number of anilines is 1. The first-order valence-corrected chi connectivity index (χ1v) is 12.2. The van der Waals surface area contributed by atoms with E-state index in [1.54, 1.807) is 50.4 Å². The second kappa shape index (κ2) is 9.73. The Hall–Kier alpha value is -2.54. The summed E-state index contributed by atoms with van der Waals surface area (Å²) in [5.41, 5.74) is 2.21. The van der Waals surface area contributed by atoms with Crippen molar-refractivity contribution in [3.05, 3.63) is 53.6 Å². The Morgan fingerprint density at radius 3 is 2.45 bits per heavy atom. The quantitative estimate of drug-likeness (QED) is 0.639. The average molecular weight is 445 g/mol. The van der Waals surface area contributed by atoms with E-state index in [4.69, 9.17) is 4.74 Å². The number of likely N-dealkylation sites (tertiary alicyclic amines) is 1. The molecule has 6 nitrogen and oxygen atoms in total. The van der Waals surface area contributed by atoms with E-state index in [-0.39, 0.29) is 29.8 Å². The van der Waals surface area contributed by atoms with Crippen molar-refractivity contribution in [3.8, 4) is 5.75 Å². The van der Waals surface area contributed by atoms with E-state index in [2.05, 4.69) is 6.92 Å². The molecule has 1 atom stereocenters. The van der Waals surface area contributed by atoms with Gasteiger partial charge in [0, 0.05) is 25.6 Å². The van der Waals surface area contributed by atoms with E-state index in [0.29, 0.717) is 17.0 Å². The normalized spacial score (nSPS) is 16.8. The van der Waals surface area contributed by atoms with Gasteiger partial charge in [0.25, 0.3) is 10.0 Å². The molecule has 0 spiro atoms. The minimum absolute atomic E-state index is 0.00143. The first-order valence-electron chi connectivity index (χ1n) is 10.8. The highest BCUT2D eigenvalue weighted by molar-refractivity contribution is 7.92. The predicted octanol–water partition coefficient (Wildman–Crippen LogP) is 4.30. The van der Waals surface area contributed by atoms with Gasteiger partial charge in [0.05, 0.1) is 17.7 Å². The smallest absolute Gasteiger partial charge is 0.264 e. The van der Waals surface area contributed by atoms with Crippen molar-refractivity contribution in [3.63, 3.8) is 0 Å². The fourth-order valence-electron chi connectivity index (χ4n) is 4.15. The number of ether oxygens (including phenoxy) is 1. The zero-order valence-corrected chi connectivity index (χ0v) is 19.6. The monoisotopic (exact) mass is 444 g/mol. The highest BCUT2D eigenvalue weighted by atomic mass is 32.2. The van der Waals surface area contributed by atoms with Crippen LogP contribution in [0.2, 0.25) is 0 Å². The Balaban J connectivity index is 1.91. The third-order valence-corrected chi connectivity index (χ3v) is 7.90. The van der Waals surface area contributed by atoms with Crippen molar-refractivity contribution in [2.24, 2.45) is 0 Å². The third-order valence-electron chi connectivity index (χ3n) is 5.91. The van der Waals surface area contributed by atoms with Gasteiger partial charge in [-0.25, -0.2) is 8.42 Å². The number of nitrogens with zero attached hydrogens (tertiary/aromatic N) is 2. The number of piperidine rings is 1. The van der Waals surface area contributed by atoms with E-state index >= 15 is 0 Å². The van der Waals surface area contributed by atoms with Crippen LogP contribution < -0.4 is 9.04 Å². The van der Waals surface area contributed by atoms with Crippen molar-refractivity contribution in [1.82, 2.24) is 4.90 Å². The molecule has 0 saturated carbocycles. The fraction of sp³-hybridized carbons (Fsp3) is 0.458. The Bertz CT molecular complexity index is 1020. The molecule has 0 radical (unpaired) electrons. The van der Waals surface area contributed by atoms with Gasteiger partial charge in [-0.2, -0.15) is 0 Å². The standard InChI is InChI=1S/C24H32N2O4S/c1-18-8-13-23(19(2)17-18)31(28,29)26(21-9-11-22(30-4)12-10-21)16-14-24(27)25-15-6-5-7-20(25)3/h8-13,17,20H,5-7,14-16H2,1-4H3. The minimum atomic E-state index is -3.84. The van der Waals surface area contributed by atoms with E-state index < -0.39 is 10.0 Å². The number of hydrogen-bond donors (Lipinski definition) is 0. The Labute approximate surface area is 185 Å². The first kappa shape index (κ1) is 23.1. The molecule has 1 amide bonds. The maximum absolute atomic E-state index is 13.6. The Morgan fingerprint density at radius 2 is 1.84 bits per heavy atom. The SMILES string of the molecule is COc1ccc(N(CCC(=O)N2CCCCC2C)S(=O)(=O)c2ccc(C)cc2C)cc1. The number of aryl methyl sites for hydroxylation is 2. The van der Waals surface area contributed by atoms with Gasteiger partial charge in [-0.3, -0.25) is 9.10 Å². The molecule has 1 aliphatic rings. The molecule has 1 saturated heterocycles. The van der Waals surface area contributed by atoms with Gasteiger partial charge in [0.2, 0.25) is 5.91 Å². The summed E-state index contributed by atoms with van der Waals surface area (Å²) in [5.74, 6) is 0.646. The molecule has 1 unspecified atom stereocenters. The fourth-order valence-corrected chi connectivity index (χ4v) is 5.83. The largest absolute Gasteiger partial charge is 0.497 e. The van der Waals surface area contributed by atoms with E-state index in [1.165, 1.54) is 4.31 Å². The molecule has 1 fully saturated rings. The van der Waals surface area contributed by atoms with Crippen molar-refractivity contribution < 1.29 is 17.9 Å². The number of hydrogen-bond acceptors (Lipinski definition) is 4. The summed E-state index contributed by atoms with van der Waals surface area (Å²) in [7, 11) is -2.27. The van der Waals surface area contributed by atoms with Crippen LogP contribution in [0, 0.1) is 13.8 Å². The van der Waals surface area contributed by atoms with Gasteiger partial charge in [0.15, 0.2) is 0 Å². The zero-order chi connectivity index (χ0) is 22.6. The molecule has 31 heavy (non-hydrogen) atoms. The van der Waals surface area contributed by atoms with Crippen LogP contribution in [-0.4, -0.2) is 45.5 Å². The number of rotatable bonds is 7. The Morgan fingerprint density at radius 1 is 1.13 bits per heavy atom. The van der Waals surface area contributed by atoms with Crippen LogP contribution in [0.1, 0.15) is 43.7 Å². The zero-order valence-electron chi connectivity index (χ0n) is 18.8. The van der Waals surface area contributed by atoms with Gasteiger partial charge >= 0.3 is 0 Å². The number of carbonyl (C=O) groups is 1. The van der Waals surface area contributed by atoms with Crippen molar-refractivity contribution >= 4 is 21.6 Å². The molecular weight excluding hydrogens is 412 g/mol. The van der Waals surface area contributed by atoms with Gasteiger partial charge in [-0.15, -0.1) is 0 Å².